The lowest BCUT2D eigenvalue weighted by Crippen LogP contribution is -2.46. The van der Waals surface area contributed by atoms with Crippen molar-refractivity contribution in [1.82, 2.24) is 13.9 Å². The third kappa shape index (κ3) is 5.11. The molecule has 1 aromatic carbocycles. The highest BCUT2D eigenvalue weighted by atomic mass is 32.2. The van der Waals surface area contributed by atoms with Crippen molar-refractivity contribution >= 4 is 16.1 Å². The summed E-state index contributed by atoms with van der Waals surface area (Å²) in [5.41, 5.74) is 1.43. The minimum absolute atomic E-state index is 0.0773. The third-order valence-corrected chi connectivity index (χ3v) is 7.72. The Labute approximate surface area is 178 Å². The Morgan fingerprint density at radius 1 is 1.10 bits per heavy atom. The number of nitrogens with one attached hydrogen (secondary N) is 1. The van der Waals surface area contributed by atoms with E-state index in [1.165, 1.54) is 4.31 Å². The Kier molecular flexibility index (Phi) is 6.26. The maximum Gasteiger partial charge on any atom is 0.282 e. The zero-order chi connectivity index (χ0) is 21.1. The van der Waals surface area contributed by atoms with E-state index in [0.717, 1.165) is 31.2 Å². The first-order valence-electron chi connectivity index (χ1n) is 10.6. The molecule has 0 spiro atoms. The van der Waals surface area contributed by atoms with Crippen molar-refractivity contribution in [2.75, 3.05) is 13.1 Å². The summed E-state index contributed by atoms with van der Waals surface area (Å²) >= 11 is 0. The highest BCUT2D eigenvalue weighted by Gasteiger charge is 2.33. The lowest BCUT2D eigenvalue weighted by atomic mass is 10.0. The molecule has 2 aromatic rings. The summed E-state index contributed by atoms with van der Waals surface area (Å²) in [4.78, 5) is 12.2. The molecule has 1 saturated carbocycles. The Morgan fingerprint density at radius 3 is 2.40 bits per heavy atom. The summed E-state index contributed by atoms with van der Waals surface area (Å²) in [5.74, 6) is 1.07. The van der Waals surface area contributed by atoms with Gasteiger partial charge in [-0.25, -0.2) is 0 Å². The number of amides is 1. The van der Waals surface area contributed by atoms with Gasteiger partial charge in [0.15, 0.2) is 0 Å². The smallest absolute Gasteiger partial charge is 0.282 e. The number of furan rings is 1. The predicted molar refractivity (Wildman–Crippen MR) is 114 cm³/mol. The predicted octanol–water partition coefficient (Wildman–Crippen LogP) is 3.15. The van der Waals surface area contributed by atoms with Crippen LogP contribution in [0.3, 0.4) is 0 Å². The number of hydrogen-bond acceptors (Lipinski definition) is 4. The van der Waals surface area contributed by atoms with Gasteiger partial charge in [-0.2, -0.15) is 17.0 Å². The van der Waals surface area contributed by atoms with Gasteiger partial charge in [0.05, 0.1) is 12.8 Å². The van der Waals surface area contributed by atoms with E-state index in [9.17, 15) is 13.2 Å². The van der Waals surface area contributed by atoms with Crippen molar-refractivity contribution in [3.8, 4) is 0 Å². The van der Waals surface area contributed by atoms with Crippen LogP contribution in [0.4, 0.5) is 0 Å². The van der Waals surface area contributed by atoms with Crippen LogP contribution in [-0.4, -0.2) is 42.1 Å². The zero-order valence-electron chi connectivity index (χ0n) is 17.3. The minimum atomic E-state index is -3.63. The number of carbonyl (C=O) groups is 1. The van der Waals surface area contributed by atoms with E-state index in [-0.39, 0.29) is 19.0 Å². The molecular weight excluding hydrogens is 402 g/mol. The van der Waals surface area contributed by atoms with Gasteiger partial charge in [-0.3, -0.25) is 4.79 Å². The highest BCUT2D eigenvalue weighted by Crippen LogP contribution is 2.24. The first kappa shape index (κ1) is 21.1. The summed E-state index contributed by atoms with van der Waals surface area (Å²) in [6.07, 6.45) is 5.38. The molecule has 0 atom stereocenters. The van der Waals surface area contributed by atoms with Crippen molar-refractivity contribution in [3.63, 3.8) is 0 Å². The highest BCUT2D eigenvalue weighted by molar-refractivity contribution is 7.86. The molecule has 30 heavy (non-hydrogen) atoms. The average molecular weight is 432 g/mol. The Bertz CT molecular complexity index is 945. The summed E-state index contributed by atoms with van der Waals surface area (Å²) in [7, 11) is -3.63. The van der Waals surface area contributed by atoms with Crippen molar-refractivity contribution in [2.45, 2.75) is 51.7 Å². The van der Waals surface area contributed by atoms with Gasteiger partial charge < -0.3 is 9.73 Å². The standard InChI is InChI=1S/C22H29N3O4S/c1-17-10-12-24(13-11-17)30(27,28)25(16-21-3-2-14-29-21)15-18-4-6-19(7-5-18)22(26)23-20-8-9-20/h2-7,14,17,20H,8-13,15-16H2,1H3,(H,23,26). The quantitative estimate of drug-likeness (QED) is 0.696. The molecule has 1 N–H and O–H groups in total. The second-order valence-electron chi connectivity index (χ2n) is 8.38. The van der Waals surface area contributed by atoms with E-state index in [2.05, 4.69) is 12.2 Å². The number of benzene rings is 1. The molecule has 162 valence electrons. The molecular formula is C22H29N3O4S. The van der Waals surface area contributed by atoms with Crippen LogP contribution < -0.4 is 5.32 Å². The van der Waals surface area contributed by atoms with Gasteiger partial charge in [0.2, 0.25) is 0 Å². The topological polar surface area (TPSA) is 82.9 Å². The van der Waals surface area contributed by atoms with Crippen LogP contribution in [0.2, 0.25) is 0 Å². The fourth-order valence-corrected chi connectivity index (χ4v) is 5.24. The number of carbonyl (C=O) groups excluding carboxylic acids is 1. The Hall–Kier alpha value is -2.16. The van der Waals surface area contributed by atoms with Crippen molar-refractivity contribution < 1.29 is 17.6 Å². The van der Waals surface area contributed by atoms with E-state index in [1.807, 2.05) is 12.1 Å². The van der Waals surface area contributed by atoms with E-state index in [4.69, 9.17) is 4.42 Å². The van der Waals surface area contributed by atoms with Crippen LogP contribution in [0.5, 0.6) is 0 Å². The monoisotopic (exact) mass is 431 g/mol. The average Bonchev–Trinajstić information content (AvgIpc) is 3.40. The van der Waals surface area contributed by atoms with E-state index >= 15 is 0 Å². The molecule has 2 fully saturated rings. The molecule has 1 aromatic heterocycles. The number of piperidine rings is 1. The summed E-state index contributed by atoms with van der Waals surface area (Å²) in [5, 5.41) is 2.97. The lowest BCUT2D eigenvalue weighted by molar-refractivity contribution is 0.0951. The van der Waals surface area contributed by atoms with Crippen LogP contribution in [0.25, 0.3) is 0 Å². The van der Waals surface area contributed by atoms with Crippen LogP contribution in [0.15, 0.2) is 47.1 Å². The zero-order valence-corrected chi connectivity index (χ0v) is 18.1. The number of nitrogens with zero attached hydrogens (tertiary/aromatic N) is 2. The second-order valence-corrected chi connectivity index (χ2v) is 10.3. The number of hydrogen-bond donors (Lipinski definition) is 1. The Morgan fingerprint density at radius 2 is 1.80 bits per heavy atom. The maximum atomic E-state index is 13.4. The van der Waals surface area contributed by atoms with Crippen LogP contribution in [0.1, 0.15) is 54.3 Å². The molecule has 1 aliphatic heterocycles. The normalized spacial score (nSPS) is 18.6. The Balaban J connectivity index is 1.50. The molecule has 1 saturated heterocycles. The third-order valence-electron chi connectivity index (χ3n) is 5.80. The molecule has 0 radical (unpaired) electrons. The maximum absolute atomic E-state index is 13.4. The summed E-state index contributed by atoms with van der Waals surface area (Å²) in [6.45, 7) is 3.63. The van der Waals surface area contributed by atoms with Gasteiger partial charge in [0.1, 0.15) is 5.76 Å². The summed E-state index contributed by atoms with van der Waals surface area (Å²) < 4.78 is 35.2. The van der Waals surface area contributed by atoms with Gasteiger partial charge in [-0.1, -0.05) is 19.1 Å². The van der Waals surface area contributed by atoms with Gasteiger partial charge in [-0.15, -0.1) is 0 Å². The molecule has 1 aliphatic carbocycles. The SMILES string of the molecule is CC1CCN(S(=O)(=O)N(Cc2ccc(C(=O)NC3CC3)cc2)Cc2ccco2)CC1. The molecule has 7 nitrogen and oxygen atoms in total. The van der Waals surface area contributed by atoms with Crippen LogP contribution in [-0.2, 0) is 23.3 Å². The fourth-order valence-electron chi connectivity index (χ4n) is 3.64. The largest absolute Gasteiger partial charge is 0.468 e. The summed E-state index contributed by atoms with van der Waals surface area (Å²) in [6, 6.07) is 11.0. The van der Waals surface area contributed by atoms with Gasteiger partial charge in [0, 0.05) is 31.2 Å². The van der Waals surface area contributed by atoms with E-state index in [0.29, 0.717) is 36.4 Å². The van der Waals surface area contributed by atoms with E-state index in [1.54, 1.807) is 34.8 Å². The van der Waals surface area contributed by atoms with Crippen molar-refractivity contribution in [1.29, 1.82) is 0 Å². The molecule has 4 rings (SSSR count). The molecule has 1 amide bonds. The van der Waals surface area contributed by atoms with Crippen molar-refractivity contribution in [2.24, 2.45) is 5.92 Å². The molecule has 8 heteroatoms. The molecule has 0 unspecified atom stereocenters. The van der Waals surface area contributed by atoms with Gasteiger partial charge >= 0.3 is 0 Å². The lowest BCUT2D eigenvalue weighted by Gasteiger charge is -2.33. The van der Waals surface area contributed by atoms with Crippen LogP contribution in [0, 0.1) is 5.92 Å². The first-order chi connectivity index (χ1) is 14.4. The van der Waals surface area contributed by atoms with Crippen LogP contribution >= 0.6 is 0 Å². The van der Waals surface area contributed by atoms with Gasteiger partial charge in [-0.05, 0) is 61.4 Å². The second kappa shape index (κ2) is 8.91. The minimum Gasteiger partial charge on any atom is -0.468 e. The molecule has 2 heterocycles. The van der Waals surface area contributed by atoms with Gasteiger partial charge in [0.25, 0.3) is 16.1 Å². The van der Waals surface area contributed by atoms with Crippen molar-refractivity contribution in [3.05, 3.63) is 59.5 Å². The molecule has 0 bridgehead atoms. The number of rotatable bonds is 8. The first-order valence-corrected chi connectivity index (χ1v) is 12.0. The van der Waals surface area contributed by atoms with E-state index < -0.39 is 10.2 Å². The fraction of sp³-hybridized carbons (Fsp3) is 0.500. The molecule has 2 aliphatic rings.